The summed E-state index contributed by atoms with van der Waals surface area (Å²) in [6.45, 7) is 1.83. The number of aromatic amines is 1. The molecular formula is C14H16ClN3O3. The summed E-state index contributed by atoms with van der Waals surface area (Å²) in [5, 5.41) is 3.14. The highest BCUT2D eigenvalue weighted by Gasteiger charge is 2.17. The third-order valence-corrected chi connectivity index (χ3v) is 3.25. The van der Waals surface area contributed by atoms with E-state index in [0.29, 0.717) is 27.9 Å². The molecule has 1 amide bonds. The minimum absolute atomic E-state index is 0.251. The van der Waals surface area contributed by atoms with Crippen LogP contribution in [0.1, 0.15) is 29.1 Å². The monoisotopic (exact) mass is 309 g/mol. The number of amides is 1. The molecule has 0 aliphatic carbocycles. The van der Waals surface area contributed by atoms with Crippen LogP contribution in [0.2, 0.25) is 5.02 Å². The first-order valence-electron chi connectivity index (χ1n) is 6.28. The van der Waals surface area contributed by atoms with Gasteiger partial charge in [0.05, 0.1) is 25.3 Å². The van der Waals surface area contributed by atoms with E-state index < -0.39 is 0 Å². The van der Waals surface area contributed by atoms with Gasteiger partial charge in [0, 0.05) is 18.0 Å². The van der Waals surface area contributed by atoms with Gasteiger partial charge in [-0.05, 0) is 19.1 Å². The number of ether oxygens (including phenoxy) is 2. The van der Waals surface area contributed by atoms with Crippen molar-refractivity contribution < 1.29 is 14.3 Å². The zero-order chi connectivity index (χ0) is 15.4. The fourth-order valence-corrected chi connectivity index (χ4v) is 2.20. The fourth-order valence-electron chi connectivity index (χ4n) is 1.91. The second kappa shape index (κ2) is 6.49. The molecule has 0 bridgehead atoms. The van der Waals surface area contributed by atoms with Crippen molar-refractivity contribution in [3.8, 4) is 11.5 Å². The molecule has 0 aliphatic heterocycles. The highest BCUT2D eigenvalue weighted by molar-refractivity contribution is 6.32. The number of nitrogens with one attached hydrogen (secondary N) is 2. The Morgan fingerprint density at radius 1 is 1.38 bits per heavy atom. The first-order chi connectivity index (χ1) is 10.1. The Kier molecular flexibility index (Phi) is 4.70. The Morgan fingerprint density at radius 3 is 2.71 bits per heavy atom. The molecule has 2 aromatic rings. The Bertz CT molecular complexity index is 629. The normalized spacial score (nSPS) is 11.8. The molecule has 0 radical (unpaired) electrons. The van der Waals surface area contributed by atoms with Crippen LogP contribution in [0.5, 0.6) is 11.5 Å². The Morgan fingerprint density at radius 2 is 2.14 bits per heavy atom. The first kappa shape index (κ1) is 15.2. The van der Waals surface area contributed by atoms with Gasteiger partial charge in [0.2, 0.25) is 0 Å². The van der Waals surface area contributed by atoms with Gasteiger partial charge in [-0.1, -0.05) is 11.6 Å². The summed E-state index contributed by atoms with van der Waals surface area (Å²) in [5.74, 6) is 1.20. The van der Waals surface area contributed by atoms with Crippen LogP contribution in [0.3, 0.4) is 0 Å². The maximum absolute atomic E-state index is 12.3. The van der Waals surface area contributed by atoms with Crippen LogP contribution < -0.4 is 14.8 Å². The van der Waals surface area contributed by atoms with Crippen LogP contribution in [0.25, 0.3) is 0 Å². The van der Waals surface area contributed by atoms with Crippen LogP contribution >= 0.6 is 11.6 Å². The number of benzene rings is 1. The van der Waals surface area contributed by atoms with Crippen molar-refractivity contribution in [1.82, 2.24) is 15.3 Å². The molecule has 21 heavy (non-hydrogen) atoms. The van der Waals surface area contributed by atoms with E-state index in [0.717, 1.165) is 0 Å². The molecule has 0 aliphatic rings. The van der Waals surface area contributed by atoms with Crippen LogP contribution in [0.15, 0.2) is 24.5 Å². The number of aromatic nitrogens is 2. The van der Waals surface area contributed by atoms with Crippen molar-refractivity contribution in [3.63, 3.8) is 0 Å². The lowest BCUT2D eigenvalue weighted by molar-refractivity contribution is 0.0938. The second-order valence-corrected chi connectivity index (χ2v) is 4.77. The average Bonchev–Trinajstić information content (AvgIpc) is 3.00. The lowest BCUT2D eigenvalue weighted by Crippen LogP contribution is -2.27. The van der Waals surface area contributed by atoms with Gasteiger partial charge < -0.3 is 19.8 Å². The number of halogens is 1. The number of hydrogen-bond acceptors (Lipinski definition) is 4. The molecule has 1 heterocycles. The van der Waals surface area contributed by atoms with Crippen molar-refractivity contribution in [2.45, 2.75) is 13.0 Å². The summed E-state index contributed by atoms with van der Waals surface area (Å²) < 4.78 is 10.3. The van der Waals surface area contributed by atoms with E-state index in [1.54, 1.807) is 18.5 Å². The summed E-state index contributed by atoms with van der Waals surface area (Å²) in [4.78, 5) is 19.3. The first-order valence-corrected chi connectivity index (χ1v) is 6.66. The van der Waals surface area contributed by atoms with Gasteiger partial charge in [-0.2, -0.15) is 0 Å². The van der Waals surface area contributed by atoms with Gasteiger partial charge in [-0.15, -0.1) is 0 Å². The van der Waals surface area contributed by atoms with E-state index in [1.165, 1.54) is 20.3 Å². The molecule has 1 unspecified atom stereocenters. The quantitative estimate of drug-likeness (QED) is 0.890. The number of imidazole rings is 1. The second-order valence-electron chi connectivity index (χ2n) is 4.36. The van der Waals surface area contributed by atoms with Crippen molar-refractivity contribution >= 4 is 17.5 Å². The third-order valence-electron chi connectivity index (χ3n) is 2.97. The van der Waals surface area contributed by atoms with Gasteiger partial charge in [0.25, 0.3) is 5.91 Å². The molecule has 0 fully saturated rings. The Balaban J connectivity index is 2.21. The molecule has 1 aromatic heterocycles. The molecule has 0 spiro atoms. The van der Waals surface area contributed by atoms with Crippen molar-refractivity contribution in [1.29, 1.82) is 0 Å². The molecular weight excluding hydrogens is 294 g/mol. The molecule has 112 valence electrons. The van der Waals surface area contributed by atoms with Gasteiger partial charge in [0.15, 0.2) is 11.5 Å². The fraction of sp³-hybridized carbons (Fsp3) is 0.286. The summed E-state index contributed by atoms with van der Waals surface area (Å²) in [5.41, 5.74) is 0.385. The van der Waals surface area contributed by atoms with Crippen molar-refractivity contribution in [2.24, 2.45) is 0 Å². The van der Waals surface area contributed by atoms with E-state index in [4.69, 9.17) is 21.1 Å². The van der Waals surface area contributed by atoms with Gasteiger partial charge in [-0.25, -0.2) is 4.98 Å². The molecule has 2 N–H and O–H groups in total. The summed E-state index contributed by atoms with van der Waals surface area (Å²) in [6, 6.07) is 2.86. The predicted octanol–water partition coefficient (Wildman–Crippen LogP) is 2.57. The smallest absolute Gasteiger partial charge is 0.252 e. The molecule has 0 saturated carbocycles. The van der Waals surface area contributed by atoms with Crippen LogP contribution in [-0.4, -0.2) is 30.1 Å². The predicted molar refractivity (Wildman–Crippen MR) is 79.0 cm³/mol. The largest absolute Gasteiger partial charge is 0.493 e. The maximum Gasteiger partial charge on any atom is 0.252 e. The lowest BCUT2D eigenvalue weighted by atomic mass is 10.1. The highest BCUT2D eigenvalue weighted by Crippen LogP contribution is 2.36. The van der Waals surface area contributed by atoms with Crippen LogP contribution in [0.4, 0.5) is 0 Å². The average molecular weight is 310 g/mol. The number of carbonyl (C=O) groups excluding carboxylic acids is 1. The minimum atomic E-state index is -0.276. The summed E-state index contributed by atoms with van der Waals surface area (Å²) >= 11 is 6.09. The SMILES string of the molecule is COc1cc(C(=O)NC(C)c2ncc[nH]2)cc(Cl)c1OC. The van der Waals surface area contributed by atoms with Gasteiger partial charge in [0.1, 0.15) is 5.82 Å². The van der Waals surface area contributed by atoms with E-state index in [1.807, 2.05) is 6.92 Å². The maximum atomic E-state index is 12.3. The van der Waals surface area contributed by atoms with E-state index in [-0.39, 0.29) is 11.9 Å². The number of rotatable bonds is 5. The molecule has 0 saturated heterocycles. The number of hydrogen-bond donors (Lipinski definition) is 2. The summed E-state index contributed by atoms with van der Waals surface area (Å²) in [7, 11) is 2.98. The zero-order valence-corrected chi connectivity index (χ0v) is 12.7. The molecule has 1 atom stereocenters. The Labute approximate surface area is 127 Å². The number of carbonyl (C=O) groups is 1. The number of nitrogens with zero attached hydrogens (tertiary/aromatic N) is 1. The lowest BCUT2D eigenvalue weighted by Gasteiger charge is -2.14. The minimum Gasteiger partial charge on any atom is -0.493 e. The Hall–Kier alpha value is -2.21. The molecule has 1 aromatic carbocycles. The van der Waals surface area contributed by atoms with Crippen molar-refractivity contribution in [2.75, 3.05) is 14.2 Å². The standard InChI is InChI=1S/C14H16ClN3O3/c1-8(13-16-4-5-17-13)18-14(19)9-6-10(15)12(21-3)11(7-9)20-2/h4-8H,1-3H3,(H,16,17)(H,18,19). The van der Waals surface area contributed by atoms with E-state index in [9.17, 15) is 4.79 Å². The van der Waals surface area contributed by atoms with E-state index in [2.05, 4.69) is 15.3 Å². The third kappa shape index (κ3) is 3.28. The zero-order valence-electron chi connectivity index (χ0n) is 11.9. The number of H-pyrrole nitrogens is 1. The topological polar surface area (TPSA) is 76.2 Å². The van der Waals surface area contributed by atoms with Gasteiger partial charge >= 0.3 is 0 Å². The van der Waals surface area contributed by atoms with Gasteiger partial charge in [-0.3, -0.25) is 4.79 Å². The van der Waals surface area contributed by atoms with Crippen LogP contribution in [-0.2, 0) is 0 Å². The van der Waals surface area contributed by atoms with Crippen molar-refractivity contribution in [3.05, 3.63) is 40.9 Å². The van der Waals surface area contributed by atoms with E-state index >= 15 is 0 Å². The molecule has 2 rings (SSSR count). The molecule has 6 nitrogen and oxygen atoms in total. The van der Waals surface area contributed by atoms with Crippen LogP contribution in [0, 0.1) is 0 Å². The highest BCUT2D eigenvalue weighted by atomic mass is 35.5. The number of methoxy groups -OCH3 is 2. The molecule has 7 heteroatoms. The summed E-state index contributed by atoms with van der Waals surface area (Å²) in [6.07, 6.45) is 3.33.